The molecule has 3 aliphatic heterocycles. The van der Waals surface area contributed by atoms with E-state index in [0.717, 1.165) is 44.2 Å². The molecule has 6 heteroatoms. The minimum Gasteiger partial charge on any atom is -0.444 e. The Hall–Kier alpha value is -1.82. The Kier molecular flexibility index (Phi) is 5.26. The van der Waals surface area contributed by atoms with Gasteiger partial charge < -0.3 is 19.6 Å². The zero-order valence-electron chi connectivity index (χ0n) is 15.9. The number of piperidine rings is 3. The van der Waals surface area contributed by atoms with Crippen LogP contribution >= 0.6 is 0 Å². The van der Waals surface area contributed by atoms with Gasteiger partial charge in [0.15, 0.2) is 0 Å². The number of hydrogen-bond acceptors (Lipinski definition) is 4. The summed E-state index contributed by atoms with van der Waals surface area (Å²) in [4.78, 5) is 16.7. The van der Waals surface area contributed by atoms with E-state index in [1.165, 1.54) is 0 Å². The van der Waals surface area contributed by atoms with Crippen LogP contribution in [0.4, 0.5) is 14.9 Å². The number of aliphatic hydroxyl groups excluding tert-OH is 1. The van der Waals surface area contributed by atoms with E-state index in [4.69, 9.17) is 4.74 Å². The lowest BCUT2D eigenvalue weighted by atomic mass is 9.83. The first-order valence-electron chi connectivity index (χ1n) is 10.2. The molecule has 1 N–H and O–H groups in total. The number of aryl methyl sites for hydroxylation is 1. The van der Waals surface area contributed by atoms with Crippen LogP contribution in [0.2, 0.25) is 0 Å². The highest BCUT2D eigenvalue weighted by molar-refractivity contribution is 5.69. The van der Waals surface area contributed by atoms with Crippen LogP contribution < -0.4 is 4.90 Å². The summed E-state index contributed by atoms with van der Waals surface area (Å²) in [5.41, 5.74) is 1.48. The second-order valence-electron chi connectivity index (χ2n) is 8.32. The summed E-state index contributed by atoms with van der Waals surface area (Å²) in [5.74, 6) is -0.221. The molecular weight excluding hydrogens is 347 g/mol. The van der Waals surface area contributed by atoms with Crippen LogP contribution in [0, 0.1) is 12.7 Å². The molecule has 27 heavy (non-hydrogen) atoms. The number of ether oxygens (including phenoxy) is 1. The minimum atomic E-state index is -0.306. The maximum atomic E-state index is 14.3. The number of hydrogen-bond donors (Lipinski definition) is 1. The molecular formula is C21H29FN2O3. The third kappa shape index (κ3) is 3.91. The Morgan fingerprint density at radius 2 is 1.93 bits per heavy atom. The van der Waals surface area contributed by atoms with Gasteiger partial charge in [-0.25, -0.2) is 9.18 Å². The van der Waals surface area contributed by atoms with Crippen LogP contribution in [-0.4, -0.2) is 53.5 Å². The fourth-order valence-corrected chi connectivity index (χ4v) is 4.98. The van der Waals surface area contributed by atoms with Crippen LogP contribution in [0.3, 0.4) is 0 Å². The number of fused-ring (bicyclic) bond motifs is 2. The molecule has 148 valence electrons. The van der Waals surface area contributed by atoms with E-state index in [-0.39, 0.29) is 36.2 Å². The lowest BCUT2D eigenvalue weighted by Crippen LogP contribution is -2.57. The Balaban J connectivity index is 1.41. The summed E-state index contributed by atoms with van der Waals surface area (Å²) in [6.45, 7) is 3.17. The van der Waals surface area contributed by atoms with Gasteiger partial charge in [-0.2, -0.15) is 0 Å². The second-order valence-corrected chi connectivity index (χ2v) is 8.32. The van der Waals surface area contributed by atoms with Crippen molar-refractivity contribution in [3.63, 3.8) is 0 Å². The van der Waals surface area contributed by atoms with Crippen LogP contribution in [0.25, 0.3) is 0 Å². The van der Waals surface area contributed by atoms with Crippen LogP contribution in [0.1, 0.15) is 50.5 Å². The number of halogens is 1. The van der Waals surface area contributed by atoms with Crippen LogP contribution in [0.15, 0.2) is 18.2 Å². The van der Waals surface area contributed by atoms with Crippen molar-refractivity contribution >= 4 is 11.8 Å². The van der Waals surface area contributed by atoms with Gasteiger partial charge in [0, 0.05) is 18.6 Å². The van der Waals surface area contributed by atoms with Crippen molar-refractivity contribution in [1.82, 2.24) is 4.90 Å². The molecule has 0 aliphatic carbocycles. The number of aliphatic hydroxyl groups is 1. The van der Waals surface area contributed by atoms with Gasteiger partial charge in [-0.3, -0.25) is 0 Å². The largest absolute Gasteiger partial charge is 0.444 e. The van der Waals surface area contributed by atoms with Gasteiger partial charge in [0.25, 0.3) is 0 Å². The normalized spacial score (nSPS) is 30.9. The molecule has 0 saturated carbocycles. The molecule has 0 aromatic heterocycles. The first-order valence-corrected chi connectivity index (χ1v) is 10.2. The number of carbonyl (C=O) groups excluding carboxylic acids is 1. The van der Waals surface area contributed by atoms with E-state index in [9.17, 15) is 14.3 Å². The number of rotatable bonds is 2. The van der Waals surface area contributed by atoms with Gasteiger partial charge >= 0.3 is 6.09 Å². The third-order valence-electron chi connectivity index (χ3n) is 6.25. The zero-order chi connectivity index (χ0) is 19.0. The number of amides is 1. The zero-order valence-corrected chi connectivity index (χ0v) is 15.9. The molecule has 2 bridgehead atoms. The number of nitrogens with zero attached hydrogens (tertiary/aromatic N) is 2. The van der Waals surface area contributed by atoms with Gasteiger partial charge in [0.05, 0.1) is 18.3 Å². The summed E-state index contributed by atoms with van der Waals surface area (Å²) < 4.78 is 20.2. The number of carbonyl (C=O) groups is 1. The molecule has 1 aromatic carbocycles. The fourth-order valence-electron chi connectivity index (χ4n) is 4.98. The first kappa shape index (κ1) is 18.5. The molecule has 0 spiro atoms. The Morgan fingerprint density at radius 1 is 1.19 bits per heavy atom. The van der Waals surface area contributed by atoms with Gasteiger partial charge in [0.2, 0.25) is 0 Å². The summed E-state index contributed by atoms with van der Waals surface area (Å²) in [7, 11) is 0. The molecule has 0 radical (unpaired) electrons. The van der Waals surface area contributed by atoms with E-state index in [0.29, 0.717) is 25.1 Å². The second kappa shape index (κ2) is 7.66. The number of anilines is 1. The molecule has 3 unspecified atom stereocenters. The maximum Gasteiger partial charge on any atom is 0.410 e. The van der Waals surface area contributed by atoms with Crippen molar-refractivity contribution in [3.05, 3.63) is 29.6 Å². The first-order chi connectivity index (χ1) is 13.0. The minimum absolute atomic E-state index is 0.0919. The highest BCUT2D eigenvalue weighted by atomic mass is 19.1. The van der Waals surface area contributed by atoms with Gasteiger partial charge in [-0.15, -0.1) is 0 Å². The fraction of sp³-hybridized carbons (Fsp3) is 0.667. The summed E-state index contributed by atoms with van der Waals surface area (Å²) in [5, 5.41) is 10.0. The molecule has 3 fully saturated rings. The molecule has 1 aromatic rings. The SMILES string of the molecule is Cc1ccc(N2CCCC(OC(=O)N3C4CCCC3CC(O)C4)C2)c(F)c1. The van der Waals surface area contributed by atoms with Crippen LogP contribution in [0.5, 0.6) is 0 Å². The van der Waals surface area contributed by atoms with Gasteiger partial charge in [-0.05, 0) is 69.6 Å². The maximum absolute atomic E-state index is 14.3. The molecule has 3 saturated heterocycles. The molecule has 5 nitrogen and oxygen atoms in total. The highest BCUT2D eigenvalue weighted by Gasteiger charge is 2.42. The van der Waals surface area contributed by atoms with Crippen molar-refractivity contribution in [3.8, 4) is 0 Å². The summed E-state index contributed by atoms with van der Waals surface area (Å²) >= 11 is 0. The predicted octanol–water partition coefficient (Wildman–Crippen LogP) is 3.62. The Labute approximate surface area is 160 Å². The van der Waals surface area contributed by atoms with Crippen molar-refractivity contribution < 1.29 is 19.0 Å². The average molecular weight is 376 g/mol. The van der Waals surface area contributed by atoms with Gasteiger partial charge in [-0.1, -0.05) is 6.07 Å². The monoisotopic (exact) mass is 376 g/mol. The smallest absolute Gasteiger partial charge is 0.410 e. The molecule has 3 heterocycles. The lowest BCUT2D eigenvalue weighted by molar-refractivity contribution is -0.0347. The Morgan fingerprint density at radius 3 is 2.63 bits per heavy atom. The summed E-state index contributed by atoms with van der Waals surface area (Å²) in [6.07, 6.45) is 5.18. The lowest BCUT2D eigenvalue weighted by Gasteiger charge is -2.47. The molecule has 3 atom stereocenters. The summed E-state index contributed by atoms with van der Waals surface area (Å²) in [6, 6.07) is 5.45. The third-order valence-corrected chi connectivity index (χ3v) is 6.25. The highest BCUT2D eigenvalue weighted by Crippen LogP contribution is 2.35. The van der Waals surface area contributed by atoms with Crippen molar-refractivity contribution in [2.75, 3.05) is 18.0 Å². The van der Waals surface area contributed by atoms with Gasteiger partial charge in [0.1, 0.15) is 11.9 Å². The average Bonchev–Trinajstić information content (AvgIpc) is 2.61. The van der Waals surface area contributed by atoms with Crippen molar-refractivity contribution in [2.24, 2.45) is 0 Å². The Bertz CT molecular complexity index is 684. The van der Waals surface area contributed by atoms with E-state index in [1.807, 2.05) is 28.9 Å². The molecule has 3 aliphatic rings. The van der Waals surface area contributed by atoms with E-state index in [2.05, 4.69) is 0 Å². The topological polar surface area (TPSA) is 53.0 Å². The van der Waals surface area contributed by atoms with Crippen molar-refractivity contribution in [2.45, 2.75) is 76.2 Å². The quantitative estimate of drug-likeness (QED) is 0.857. The van der Waals surface area contributed by atoms with E-state index < -0.39 is 0 Å². The number of benzene rings is 1. The molecule has 1 amide bonds. The van der Waals surface area contributed by atoms with E-state index >= 15 is 0 Å². The predicted molar refractivity (Wildman–Crippen MR) is 101 cm³/mol. The van der Waals surface area contributed by atoms with Crippen molar-refractivity contribution in [1.29, 1.82) is 0 Å². The van der Waals surface area contributed by atoms with Crippen LogP contribution in [-0.2, 0) is 4.74 Å². The molecule has 4 rings (SSSR count). The van der Waals surface area contributed by atoms with E-state index in [1.54, 1.807) is 6.07 Å². The standard InChI is InChI=1S/C21H29FN2O3/c1-14-7-8-20(19(22)10-14)23-9-3-6-18(13-23)27-21(26)24-15-4-2-5-16(24)12-17(25)11-15/h7-8,10,15-18,25H,2-6,9,11-13H2,1H3.